The molecule has 0 spiro atoms. The third kappa shape index (κ3) is 3.00. The molecule has 1 saturated heterocycles. The molecule has 32 heavy (non-hydrogen) atoms. The van der Waals surface area contributed by atoms with Crippen LogP contribution in [0.2, 0.25) is 0 Å². The van der Waals surface area contributed by atoms with Gasteiger partial charge < -0.3 is 9.84 Å². The van der Waals surface area contributed by atoms with E-state index in [0.717, 1.165) is 5.57 Å². The molecular weight excluding hydrogens is 478 g/mol. The maximum Gasteiger partial charge on any atom is 0.231 e. The number of fused-ring (bicyclic) bond motifs is 3. The molecule has 0 saturated carbocycles. The van der Waals surface area contributed by atoms with Gasteiger partial charge in [0, 0.05) is 23.1 Å². The summed E-state index contributed by atoms with van der Waals surface area (Å²) in [5.74, 6) is -2.89. The molecule has 5 rings (SSSR count). The van der Waals surface area contributed by atoms with E-state index in [9.17, 15) is 24.3 Å². The average molecular weight is 498 g/mol. The lowest BCUT2D eigenvalue weighted by atomic mass is 9.59. The molecule has 1 fully saturated rings. The minimum Gasteiger partial charge on any atom is -0.504 e. The van der Waals surface area contributed by atoms with Gasteiger partial charge in [0.1, 0.15) is 0 Å². The van der Waals surface area contributed by atoms with Crippen LogP contribution >= 0.6 is 15.9 Å². The van der Waals surface area contributed by atoms with Crippen molar-refractivity contribution in [3.8, 4) is 11.5 Å². The van der Waals surface area contributed by atoms with Crippen molar-refractivity contribution in [1.29, 1.82) is 0 Å². The van der Waals surface area contributed by atoms with Gasteiger partial charge in [0.15, 0.2) is 23.1 Å². The molecule has 4 unspecified atom stereocenters. The minimum absolute atomic E-state index is 0.0238. The number of phenols is 1. The number of ether oxygens (including phenoxy) is 1. The summed E-state index contributed by atoms with van der Waals surface area (Å²) < 4.78 is 5.73. The summed E-state index contributed by atoms with van der Waals surface area (Å²) in [6.07, 6.45) is 3.85. The molecule has 164 valence electrons. The van der Waals surface area contributed by atoms with Gasteiger partial charge in [-0.3, -0.25) is 24.5 Å². The zero-order chi connectivity index (χ0) is 22.7. The SMILES string of the molecule is CCOc1cc(C2C3=CCC4C(=O)NC(=O)C4C3CC3=C2C(=O)C=C(Br)C3=O)ccc1O. The highest BCUT2D eigenvalue weighted by Crippen LogP contribution is 2.54. The number of ketones is 2. The second-order valence-electron chi connectivity index (χ2n) is 8.41. The van der Waals surface area contributed by atoms with E-state index in [1.807, 2.05) is 6.08 Å². The normalized spacial score (nSPS) is 29.1. The van der Waals surface area contributed by atoms with Crippen LogP contribution in [0.25, 0.3) is 0 Å². The monoisotopic (exact) mass is 497 g/mol. The first-order valence-electron chi connectivity index (χ1n) is 10.5. The number of Topliss-reactive ketones (excluding diaryl/α,β-unsaturated/α-hetero) is 1. The van der Waals surface area contributed by atoms with E-state index in [4.69, 9.17) is 4.74 Å². The molecule has 1 heterocycles. The van der Waals surface area contributed by atoms with Crippen molar-refractivity contribution in [2.24, 2.45) is 17.8 Å². The maximum absolute atomic E-state index is 13.1. The van der Waals surface area contributed by atoms with Crippen LogP contribution in [-0.2, 0) is 19.2 Å². The van der Waals surface area contributed by atoms with Crippen molar-refractivity contribution < 1.29 is 29.0 Å². The van der Waals surface area contributed by atoms with Gasteiger partial charge in [-0.15, -0.1) is 0 Å². The third-order valence-corrected chi connectivity index (χ3v) is 7.38. The van der Waals surface area contributed by atoms with E-state index in [1.54, 1.807) is 19.1 Å². The summed E-state index contributed by atoms with van der Waals surface area (Å²) in [7, 11) is 0. The zero-order valence-corrected chi connectivity index (χ0v) is 18.8. The van der Waals surface area contributed by atoms with Crippen molar-refractivity contribution in [3.05, 3.63) is 57.1 Å². The Hall–Kier alpha value is -3.00. The third-order valence-electron chi connectivity index (χ3n) is 6.79. The topological polar surface area (TPSA) is 110 Å². The number of halogens is 1. The highest BCUT2D eigenvalue weighted by Gasteiger charge is 2.53. The first kappa shape index (κ1) is 20.9. The molecule has 3 aliphatic carbocycles. The number of phenolic OH excluding ortho intramolecular Hbond substituents is 1. The van der Waals surface area contributed by atoms with E-state index in [-0.39, 0.29) is 51.7 Å². The maximum atomic E-state index is 13.1. The van der Waals surface area contributed by atoms with Gasteiger partial charge in [0.05, 0.1) is 22.9 Å². The van der Waals surface area contributed by atoms with Crippen LogP contribution in [-0.4, -0.2) is 35.1 Å². The Morgan fingerprint density at radius 1 is 1.16 bits per heavy atom. The van der Waals surface area contributed by atoms with Gasteiger partial charge in [-0.05, 0) is 59.3 Å². The largest absolute Gasteiger partial charge is 0.504 e. The van der Waals surface area contributed by atoms with Crippen molar-refractivity contribution in [3.63, 3.8) is 0 Å². The van der Waals surface area contributed by atoms with Crippen molar-refractivity contribution in [2.45, 2.75) is 25.7 Å². The molecule has 2 N–H and O–H groups in total. The number of rotatable bonds is 3. The van der Waals surface area contributed by atoms with Crippen LogP contribution in [0.4, 0.5) is 0 Å². The minimum atomic E-state index is -0.574. The fourth-order valence-electron chi connectivity index (χ4n) is 5.48. The number of hydrogen-bond acceptors (Lipinski definition) is 6. The summed E-state index contributed by atoms with van der Waals surface area (Å²) in [4.78, 5) is 51.1. The number of benzene rings is 1. The van der Waals surface area contributed by atoms with E-state index in [0.29, 0.717) is 29.7 Å². The van der Waals surface area contributed by atoms with E-state index < -0.39 is 17.8 Å². The van der Waals surface area contributed by atoms with Crippen molar-refractivity contribution in [1.82, 2.24) is 5.32 Å². The molecule has 4 atom stereocenters. The molecule has 0 aromatic heterocycles. The highest BCUT2D eigenvalue weighted by molar-refractivity contribution is 9.12. The molecule has 8 heteroatoms. The van der Waals surface area contributed by atoms with Crippen LogP contribution in [0, 0.1) is 17.8 Å². The standard InChI is InChI=1S/C24H20BrNO6/c1-2-32-18-7-10(3-6-16(18)27)19-11-4-5-12-20(24(31)26-23(12)30)13(11)8-14-21(19)17(28)9-15(25)22(14)29/h3-4,6-7,9,12-13,19-20,27H,2,5,8H2,1H3,(H,26,30,31). The van der Waals surface area contributed by atoms with Crippen LogP contribution in [0.5, 0.6) is 11.5 Å². The fraction of sp³-hybridized carbons (Fsp3) is 0.333. The summed E-state index contributed by atoms with van der Waals surface area (Å²) in [5, 5.41) is 12.6. The molecule has 1 aromatic carbocycles. The summed E-state index contributed by atoms with van der Waals surface area (Å²) >= 11 is 3.20. The number of nitrogens with one attached hydrogen (secondary N) is 1. The number of aromatic hydroxyl groups is 1. The number of hydrogen-bond donors (Lipinski definition) is 2. The summed E-state index contributed by atoms with van der Waals surface area (Å²) in [6.45, 7) is 2.15. The number of carbonyl (C=O) groups is 4. The molecule has 0 radical (unpaired) electrons. The number of carbonyl (C=O) groups excluding carboxylic acids is 4. The van der Waals surface area contributed by atoms with E-state index in [2.05, 4.69) is 21.2 Å². The molecule has 0 bridgehead atoms. The van der Waals surface area contributed by atoms with Crippen molar-refractivity contribution >= 4 is 39.3 Å². The predicted molar refractivity (Wildman–Crippen MR) is 117 cm³/mol. The Labute approximate surface area is 192 Å². The summed E-state index contributed by atoms with van der Waals surface area (Å²) in [6, 6.07) is 4.88. The quantitative estimate of drug-likeness (QED) is 0.377. The first-order valence-corrected chi connectivity index (χ1v) is 11.3. The Kier molecular flexibility index (Phi) is 4.93. The van der Waals surface area contributed by atoms with Gasteiger partial charge in [-0.25, -0.2) is 0 Å². The van der Waals surface area contributed by atoms with E-state index in [1.165, 1.54) is 12.1 Å². The van der Waals surface area contributed by atoms with Crippen LogP contribution in [0.3, 0.4) is 0 Å². The highest BCUT2D eigenvalue weighted by atomic mass is 79.9. The van der Waals surface area contributed by atoms with Crippen LogP contribution in [0.15, 0.2) is 51.6 Å². The first-order chi connectivity index (χ1) is 15.3. The van der Waals surface area contributed by atoms with Gasteiger partial charge >= 0.3 is 0 Å². The lowest BCUT2D eigenvalue weighted by Gasteiger charge is -2.42. The molecule has 1 aromatic rings. The fourth-order valence-corrected chi connectivity index (χ4v) is 5.93. The number of amides is 2. The smallest absolute Gasteiger partial charge is 0.231 e. The molecule has 2 amide bonds. The lowest BCUT2D eigenvalue weighted by Crippen LogP contribution is -2.39. The molecule has 1 aliphatic heterocycles. The van der Waals surface area contributed by atoms with Crippen LogP contribution < -0.4 is 10.1 Å². The molecular formula is C24H20BrNO6. The van der Waals surface area contributed by atoms with E-state index >= 15 is 0 Å². The average Bonchev–Trinajstić information content (AvgIpc) is 3.06. The Balaban J connectivity index is 1.71. The number of imide groups is 1. The zero-order valence-electron chi connectivity index (χ0n) is 17.2. The van der Waals surface area contributed by atoms with Gasteiger partial charge in [0.25, 0.3) is 0 Å². The lowest BCUT2D eigenvalue weighted by molar-refractivity contribution is -0.126. The van der Waals surface area contributed by atoms with Gasteiger partial charge in [-0.1, -0.05) is 17.7 Å². The van der Waals surface area contributed by atoms with Gasteiger partial charge in [-0.2, -0.15) is 0 Å². The second kappa shape index (κ2) is 7.55. The van der Waals surface area contributed by atoms with Gasteiger partial charge in [0.2, 0.25) is 11.8 Å². The summed E-state index contributed by atoms with van der Waals surface area (Å²) in [5.41, 5.74) is 2.30. The molecule has 7 nitrogen and oxygen atoms in total. The number of allylic oxidation sites excluding steroid dienone is 6. The molecule has 4 aliphatic rings. The second-order valence-corrected chi connectivity index (χ2v) is 9.26. The Bertz CT molecular complexity index is 1190. The Morgan fingerprint density at radius 2 is 1.94 bits per heavy atom. The van der Waals surface area contributed by atoms with Crippen LogP contribution in [0.1, 0.15) is 31.2 Å². The van der Waals surface area contributed by atoms with Crippen molar-refractivity contribution in [2.75, 3.05) is 6.61 Å². The Morgan fingerprint density at radius 3 is 2.69 bits per heavy atom. The predicted octanol–water partition coefficient (Wildman–Crippen LogP) is 2.84.